The Bertz CT molecular complexity index is 1160. The molecule has 0 aliphatic heterocycles. The SMILES string of the molecule is CCN(CC)Cc1ccc(C(=O)Nc2cccc(NS(=O)(=O)c3ccc(Cl)cc3)c2)cc1. The van der Waals surface area contributed by atoms with E-state index in [2.05, 4.69) is 28.8 Å². The summed E-state index contributed by atoms with van der Waals surface area (Å²) >= 11 is 5.83. The first-order valence-electron chi connectivity index (χ1n) is 10.3. The molecule has 0 atom stereocenters. The minimum Gasteiger partial charge on any atom is -0.322 e. The molecule has 3 aromatic carbocycles. The Kier molecular flexibility index (Phi) is 7.90. The number of amides is 1. The zero-order valence-electron chi connectivity index (χ0n) is 18.0. The highest BCUT2D eigenvalue weighted by Crippen LogP contribution is 2.21. The van der Waals surface area contributed by atoms with Gasteiger partial charge in [-0.3, -0.25) is 14.4 Å². The van der Waals surface area contributed by atoms with Gasteiger partial charge in [0.25, 0.3) is 15.9 Å². The van der Waals surface area contributed by atoms with Gasteiger partial charge in [0.05, 0.1) is 10.6 Å². The predicted molar refractivity (Wildman–Crippen MR) is 130 cm³/mol. The fourth-order valence-electron chi connectivity index (χ4n) is 3.16. The molecule has 0 aromatic heterocycles. The topological polar surface area (TPSA) is 78.5 Å². The van der Waals surface area contributed by atoms with Crippen molar-refractivity contribution < 1.29 is 13.2 Å². The van der Waals surface area contributed by atoms with Crippen molar-refractivity contribution in [2.75, 3.05) is 23.1 Å². The molecule has 6 nitrogen and oxygen atoms in total. The molecule has 0 heterocycles. The summed E-state index contributed by atoms with van der Waals surface area (Å²) in [6.07, 6.45) is 0. The number of nitrogens with one attached hydrogen (secondary N) is 2. The van der Waals surface area contributed by atoms with Gasteiger partial charge < -0.3 is 5.32 Å². The molecule has 0 aliphatic rings. The minimum absolute atomic E-state index is 0.0983. The van der Waals surface area contributed by atoms with E-state index < -0.39 is 10.0 Å². The van der Waals surface area contributed by atoms with E-state index >= 15 is 0 Å². The normalized spacial score (nSPS) is 11.4. The lowest BCUT2D eigenvalue weighted by molar-refractivity contribution is 0.102. The lowest BCUT2D eigenvalue weighted by atomic mass is 10.1. The van der Waals surface area contributed by atoms with Gasteiger partial charge in [0.1, 0.15) is 0 Å². The molecule has 3 rings (SSSR count). The number of anilines is 2. The van der Waals surface area contributed by atoms with Crippen molar-refractivity contribution in [2.45, 2.75) is 25.3 Å². The summed E-state index contributed by atoms with van der Waals surface area (Å²) in [5, 5.41) is 3.27. The molecule has 32 heavy (non-hydrogen) atoms. The average molecular weight is 472 g/mol. The van der Waals surface area contributed by atoms with Gasteiger partial charge in [-0.1, -0.05) is 43.6 Å². The van der Waals surface area contributed by atoms with Gasteiger partial charge in [-0.2, -0.15) is 0 Å². The Morgan fingerprint density at radius 2 is 1.53 bits per heavy atom. The van der Waals surface area contributed by atoms with Crippen LogP contribution >= 0.6 is 11.6 Å². The average Bonchev–Trinajstić information content (AvgIpc) is 2.78. The van der Waals surface area contributed by atoms with Gasteiger partial charge >= 0.3 is 0 Å². The molecule has 0 spiro atoms. The number of benzene rings is 3. The predicted octanol–water partition coefficient (Wildman–Crippen LogP) is 5.23. The van der Waals surface area contributed by atoms with Crippen LogP contribution in [0.1, 0.15) is 29.8 Å². The highest BCUT2D eigenvalue weighted by Gasteiger charge is 2.15. The molecule has 2 N–H and O–H groups in total. The Balaban J connectivity index is 1.67. The van der Waals surface area contributed by atoms with Crippen LogP contribution in [-0.4, -0.2) is 32.3 Å². The second-order valence-corrected chi connectivity index (χ2v) is 9.37. The summed E-state index contributed by atoms with van der Waals surface area (Å²) in [7, 11) is -3.77. The maximum atomic E-state index is 12.6. The summed E-state index contributed by atoms with van der Waals surface area (Å²) in [5.41, 5.74) is 2.50. The van der Waals surface area contributed by atoms with Gasteiger partial charge in [-0.25, -0.2) is 8.42 Å². The molecule has 0 aliphatic carbocycles. The second kappa shape index (κ2) is 10.6. The first-order chi connectivity index (χ1) is 15.3. The number of hydrogen-bond donors (Lipinski definition) is 2. The number of carbonyl (C=O) groups excluding carboxylic acids is 1. The zero-order chi connectivity index (χ0) is 23.1. The highest BCUT2D eigenvalue weighted by atomic mass is 35.5. The lowest BCUT2D eigenvalue weighted by Gasteiger charge is -2.18. The third-order valence-electron chi connectivity index (χ3n) is 5.01. The van der Waals surface area contributed by atoms with E-state index in [1.54, 1.807) is 36.4 Å². The van der Waals surface area contributed by atoms with Gasteiger partial charge in [0, 0.05) is 22.8 Å². The molecular formula is C24H26ClN3O3S. The van der Waals surface area contributed by atoms with Crippen LogP contribution in [-0.2, 0) is 16.6 Å². The van der Waals surface area contributed by atoms with Gasteiger partial charge in [0.15, 0.2) is 0 Å². The van der Waals surface area contributed by atoms with Crippen LogP contribution in [0.5, 0.6) is 0 Å². The lowest BCUT2D eigenvalue weighted by Crippen LogP contribution is -2.22. The van der Waals surface area contributed by atoms with E-state index in [1.807, 2.05) is 12.1 Å². The Morgan fingerprint density at radius 3 is 2.16 bits per heavy atom. The summed E-state index contributed by atoms with van der Waals surface area (Å²) < 4.78 is 27.7. The third-order valence-corrected chi connectivity index (χ3v) is 6.66. The molecule has 0 saturated carbocycles. The van der Waals surface area contributed by atoms with Gasteiger partial charge in [-0.15, -0.1) is 0 Å². The van der Waals surface area contributed by atoms with Gasteiger partial charge in [-0.05, 0) is 73.3 Å². The zero-order valence-corrected chi connectivity index (χ0v) is 19.6. The summed E-state index contributed by atoms with van der Waals surface area (Å²) in [5.74, 6) is -0.267. The van der Waals surface area contributed by atoms with Crippen LogP contribution in [0.4, 0.5) is 11.4 Å². The monoisotopic (exact) mass is 471 g/mol. The molecule has 0 bridgehead atoms. The fourth-order valence-corrected chi connectivity index (χ4v) is 4.33. The number of rotatable bonds is 9. The summed E-state index contributed by atoms with van der Waals surface area (Å²) in [6.45, 7) is 7.02. The standard InChI is InChI=1S/C24H26ClN3O3S/c1-3-28(4-2)17-18-8-10-19(11-9-18)24(29)26-21-6-5-7-22(16-21)27-32(30,31)23-14-12-20(25)13-15-23/h5-16,27H,3-4,17H2,1-2H3,(H,26,29). The Hall–Kier alpha value is -2.87. The molecule has 3 aromatic rings. The van der Waals surface area contributed by atoms with E-state index in [9.17, 15) is 13.2 Å². The summed E-state index contributed by atoms with van der Waals surface area (Å²) in [6, 6.07) is 19.9. The summed E-state index contributed by atoms with van der Waals surface area (Å²) in [4.78, 5) is 15.0. The molecule has 0 unspecified atom stereocenters. The van der Waals surface area contributed by atoms with Crippen molar-refractivity contribution >= 4 is 38.9 Å². The first-order valence-corrected chi connectivity index (χ1v) is 12.2. The van der Waals surface area contributed by atoms with Crippen molar-refractivity contribution in [1.29, 1.82) is 0 Å². The largest absolute Gasteiger partial charge is 0.322 e. The Labute approximate surface area is 194 Å². The number of sulfonamides is 1. The van der Waals surface area contributed by atoms with E-state index in [1.165, 1.54) is 24.3 Å². The van der Waals surface area contributed by atoms with E-state index in [-0.39, 0.29) is 10.8 Å². The quantitative estimate of drug-likeness (QED) is 0.447. The molecule has 0 saturated heterocycles. The minimum atomic E-state index is -3.77. The van der Waals surface area contributed by atoms with Crippen LogP contribution in [0.2, 0.25) is 5.02 Å². The van der Waals surface area contributed by atoms with E-state index in [0.29, 0.717) is 22.0 Å². The van der Waals surface area contributed by atoms with Crippen LogP contribution in [0, 0.1) is 0 Å². The van der Waals surface area contributed by atoms with Crippen molar-refractivity contribution in [1.82, 2.24) is 4.90 Å². The maximum Gasteiger partial charge on any atom is 0.261 e. The maximum absolute atomic E-state index is 12.6. The van der Waals surface area contributed by atoms with Crippen LogP contribution in [0.25, 0.3) is 0 Å². The molecule has 8 heteroatoms. The molecule has 0 radical (unpaired) electrons. The van der Waals surface area contributed by atoms with E-state index in [0.717, 1.165) is 25.2 Å². The van der Waals surface area contributed by atoms with Crippen molar-refractivity contribution in [3.05, 3.63) is 88.9 Å². The smallest absolute Gasteiger partial charge is 0.261 e. The fraction of sp³-hybridized carbons (Fsp3) is 0.208. The number of nitrogens with zero attached hydrogens (tertiary/aromatic N) is 1. The van der Waals surface area contributed by atoms with Crippen LogP contribution in [0.15, 0.2) is 77.7 Å². The van der Waals surface area contributed by atoms with Crippen LogP contribution in [0.3, 0.4) is 0 Å². The molecular weight excluding hydrogens is 446 g/mol. The molecule has 1 amide bonds. The van der Waals surface area contributed by atoms with Crippen molar-refractivity contribution in [3.63, 3.8) is 0 Å². The second-order valence-electron chi connectivity index (χ2n) is 7.25. The number of hydrogen-bond acceptors (Lipinski definition) is 4. The first kappa shape index (κ1) is 23.8. The van der Waals surface area contributed by atoms with Crippen molar-refractivity contribution in [2.24, 2.45) is 0 Å². The molecule has 0 fully saturated rings. The Morgan fingerprint density at radius 1 is 0.906 bits per heavy atom. The molecule has 168 valence electrons. The van der Waals surface area contributed by atoms with E-state index in [4.69, 9.17) is 11.6 Å². The highest BCUT2D eigenvalue weighted by molar-refractivity contribution is 7.92. The number of carbonyl (C=O) groups is 1. The van der Waals surface area contributed by atoms with Crippen molar-refractivity contribution in [3.8, 4) is 0 Å². The number of halogens is 1. The third kappa shape index (κ3) is 6.32. The van der Waals surface area contributed by atoms with Gasteiger partial charge in [0.2, 0.25) is 0 Å². The van der Waals surface area contributed by atoms with Crippen LogP contribution < -0.4 is 10.0 Å².